The van der Waals surface area contributed by atoms with Gasteiger partial charge in [0.2, 0.25) is 5.91 Å². The Hall–Kier alpha value is -3.74. The summed E-state index contributed by atoms with van der Waals surface area (Å²) in [6.45, 7) is 4.17. The number of aromatic nitrogens is 1. The molecule has 0 aliphatic rings. The predicted molar refractivity (Wildman–Crippen MR) is 124 cm³/mol. The second-order valence-electron chi connectivity index (χ2n) is 7.84. The van der Waals surface area contributed by atoms with Crippen LogP contribution < -0.4 is 20.4 Å². The van der Waals surface area contributed by atoms with Gasteiger partial charge in [-0.25, -0.2) is 4.79 Å². The van der Waals surface area contributed by atoms with Crippen molar-refractivity contribution in [3.05, 3.63) is 69.2 Å². The molecule has 7 heteroatoms. The maximum atomic E-state index is 12.6. The number of benzene rings is 2. The smallest absolute Gasteiger partial charge is 0.340 e. The number of carbonyl (C=O) groups excluding carboxylic acids is 1. The molecular formula is C25H26N2O5. The zero-order chi connectivity index (χ0) is 22.8. The summed E-state index contributed by atoms with van der Waals surface area (Å²) in [6.07, 6.45) is 2.53. The second kappa shape index (κ2) is 8.78. The number of rotatable bonds is 7. The van der Waals surface area contributed by atoms with Gasteiger partial charge < -0.3 is 24.2 Å². The van der Waals surface area contributed by atoms with Crippen molar-refractivity contribution >= 4 is 27.8 Å². The van der Waals surface area contributed by atoms with E-state index in [2.05, 4.69) is 10.3 Å². The van der Waals surface area contributed by atoms with Crippen molar-refractivity contribution in [2.24, 2.45) is 0 Å². The van der Waals surface area contributed by atoms with Gasteiger partial charge in [0.1, 0.15) is 17.1 Å². The molecule has 0 radical (unpaired) electrons. The van der Waals surface area contributed by atoms with Gasteiger partial charge in [0, 0.05) is 23.6 Å². The minimum atomic E-state index is -0.499. The maximum absolute atomic E-state index is 12.6. The van der Waals surface area contributed by atoms with E-state index in [0.717, 1.165) is 27.8 Å². The summed E-state index contributed by atoms with van der Waals surface area (Å²) in [5.74, 6) is 1.17. The Morgan fingerprint density at radius 1 is 1.12 bits per heavy atom. The molecule has 2 aromatic carbocycles. The highest BCUT2D eigenvalue weighted by Crippen LogP contribution is 2.31. The van der Waals surface area contributed by atoms with Crippen LogP contribution in [-0.2, 0) is 17.6 Å². The zero-order valence-electron chi connectivity index (χ0n) is 18.6. The summed E-state index contributed by atoms with van der Waals surface area (Å²) in [5, 5.41) is 4.69. The fourth-order valence-corrected chi connectivity index (χ4v) is 4.05. The molecule has 2 N–H and O–H groups in total. The average molecular weight is 434 g/mol. The zero-order valence-corrected chi connectivity index (χ0v) is 18.6. The van der Waals surface area contributed by atoms with Crippen LogP contribution in [0.2, 0.25) is 0 Å². The van der Waals surface area contributed by atoms with Crippen LogP contribution in [0.15, 0.2) is 45.7 Å². The van der Waals surface area contributed by atoms with Gasteiger partial charge >= 0.3 is 5.63 Å². The third kappa shape index (κ3) is 4.06. The van der Waals surface area contributed by atoms with E-state index in [4.69, 9.17) is 13.9 Å². The minimum absolute atomic E-state index is 0.0527. The third-order valence-electron chi connectivity index (χ3n) is 5.74. The highest BCUT2D eigenvalue weighted by Gasteiger charge is 2.18. The number of ether oxygens (including phenoxy) is 2. The molecule has 0 aliphatic heterocycles. The number of aromatic amines is 1. The van der Waals surface area contributed by atoms with Gasteiger partial charge in [0.15, 0.2) is 0 Å². The van der Waals surface area contributed by atoms with Crippen molar-refractivity contribution in [2.45, 2.75) is 26.7 Å². The van der Waals surface area contributed by atoms with Gasteiger partial charge in [-0.15, -0.1) is 0 Å². The van der Waals surface area contributed by atoms with Crippen molar-refractivity contribution < 1.29 is 18.7 Å². The van der Waals surface area contributed by atoms with E-state index in [-0.39, 0.29) is 12.3 Å². The monoisotopic (exact) mass is 434 g/mol. The number of fused-ring (bicyclic) bond motifs is 2. The molecule has 1 amide bonds. The number of H-pyrrole nitrogens is 1. The summed E-state index contributed by atoms with van der Waals surface area (Å²) >= 11 is 0. The van der Waals surface area contributed by atoms with Crippen LogP contribution in [0.3, 0.4) is 0 Å². The lowest BCUT2D eigenvalue weighted by atomic mass is 10.0. The van der Waals surface area contributed by atoms with E-state index in [0.29, 0.717) is 40.8 Å². The molecule has 0 aliphatic carbocycles. The number of amides is 1. The average Bonchev–Trinajstić information content (AvgIpc) is 3.17. The maximum Gasteiger partial charge on any atom is 0.340 e. The number of nitrogens with one attached hydrogen (secondary N) is 2. The molecule has 32 heavy (non-hydrogen) atoms. The number of aryl methyl sites for hydroxylation is 2. The summed E-state index contributed by atoms with van der Waals surface area (Å²) in [7, 11) is 3.21. The molecule has 0 fully saturated rings. The summed E-state index contributed by atoms with van der Waals surface area (Å²) in [6, 6.07) is 9.52. The molecule has 0 bridgehead atoms. The van der Waals surface area contributed by atoms with Gasteiger partial charge in [-0.05, 0) is 67.3 Å². The first-order valence-corrected chi connectivity index (χ1v) is 10.4. The first-order chi connectivity index (χ1) is 15.4. The fraction of sp³-hybridized carbons (Fsp3) is 0.280. The number of methoxy groups -OCH3 is 2. The molecule has 0 unspecified atom stereocenters. The Bertz CT molecular complexity index is 1370. The van der Waals surface area contributed by atoms with Crippen molar-refractivity contribution in [2.75, 3.05) is 20.8 Å². The highest BCUT2D eigenvalue weighted by atomic mass is 16.5. The predicted octanol–water partition coefficient (Wildman–Crippen LogP) is 3.81. The quantitative estimate of drug-likeness (QED) is 0.432. The van der Waals surface area contributed by atoms with Crippen LogP contribution in [0, 0.1) is 13.8 Å². The lowest BCUT2D eigenvalue weighted by Crippen LogP contribution is -2.29. The molecule has 4 aromatic rings. The van der Waals surface area contributed by atoms with Crippen molar-refractivity contribution in [1.29, 1.82) is 0 Å². The summed E-state index contributed by atoms with van der Waals surface area (Å²) in [4.78, 5) is 28.4. The first-order valence-electron chi connectivity index (χ1n) is 10.4. The van der Waals surface area contributed by atoms with E-state index in [1.54, 1.807) is 20.3 Å². The van der Waals surface area contributed by atoms with Gasteiger partial charge in [0.05, 0.1) is 31.6 Å². The van der Waals surface area contributed by atoms with E-state index < -0.39 is 5.63 Å². The summed E-state index contributed by atoms with van der Waals surface area (Å²) < 4.78 is 16.3. The highest BCUT2D eigenvalue weighted by molar-refractivity contribution is 5.90. The molecule has 0 saturated heterocycles. The molecule has 2 aromatic heterocycles. The van der Waals surface area contributed by atoms with Gasteiger partial charge in [0.25, 0.3) is 0 Å². The van der Waals surface area contributed by atoms with Gasteiger partial charge in [-0.3, -0.25) is 4.79 Å². The Balaban J connectivity index is 1.49. The molecule has 0 spiro atoms. The van der Waals surface area contributed by atoms with Crippen LogP contribution in [0.4, 0.5) is 0 Å². The van der Waals surface area contributed by atoms with Crippen LogP contribution in [-0.4, -0.2) is 31.7 Å². The van der Waals surface area contributed by atoms with E-state index >= 15 is 0 Å². The lowest BCUT2D eigenvalue weighted by Gasteiger charge is -2.12. The van der Waals surface area contributed by atoms with Crippen LogP contribution in [0.1, 0.15) is 22.3 Å². The third-order valence-corrected chi connectivity index (χ3v) is 5.74. The number of carbonyl (C=O) groups is 1. The number of hydrogen-bond donors (Lipinski definition) is 2. The standard InChI is InChI=1S/C25H26N2O5/c1-14-9-21(31-4)24-15(2)18(25(29)32-22(24)10-14)12-23(28)26-8-7-16-13-27-20-6-5-17(30-3)11-19(16)20/h5-6,9-11,13,27H,7-8,12H2,1-4H3,(H,26,28). The largest absolute Gasteiger partial charge is 0.497 e. The Morgan fingerprint density at radius 3 is 2.69 bits per heavy atom. The molecular weight excluding hydrogens is 408 g/mol. The number of hydrogen-bond acceptors (Lipinski definition) is 5. The Morgan fingerprint density at radius 2 is 1.94 bits per heavy atom. The van der Waals surface area contributed by atoms with Gasteiger partial charge in [-0.1, -0.05) is 0 Å². The molecule has 7 nitrogen and oxygen atoms in total. The van der Waals surface area contributed by atoms with Crippen molar-refractivity contribution in [3.8, 4) is 11.5 Å². The SMILES string of the molecule is COc1ccc2[nH]cc(CCNC(=O)Cc3c(C)c4c(OC)cc(C)cc4oc3=O)c2c1. The molecule has 166 valence electrons. The molecule has 2 heterocycles. The van der Waals surface area contributed by atoms with E-state index in [1.807, 2.05) is 44.3 Å². The van der Waals surface area contributed by atoms with Gasteiger partial charge in [-0.2, -0.15) is 0 Å². The minimum Gasteiger partial charge on any atom is -0.497 e. The van der Waals surface area contributed by atoms with E-state index in [9.17, 15) is 9.59 Å². The Kier molecular flexibility index (Phi) is 5.90. The normalized spacial score (nSPS) is 11.1. The Labute approximate surface area is 185 Å². The van der Waals surface area contributed by atoms with Crippen molar-refractivity contribution in [3.63, 3.8) is 0 Å². The van der Waals surface area contributed by atoms with E-state index in [1.165, 1.54) is 0 Å². The van der Waals surface area contributed by atoms with Crippen LogP contribution in [0.5, 0.6) is 11.5 Å². The molecule has 0 atom stereocenters. The van der Waals surface area contributed by atoms with Crippen LogP contribution in [0.25, 0.3) is 21.9 Å². The lowest BCUT2D eigenvalue weighted by molar-refractivity contribution is -0.120. The second-order valence-corrected chi connectivity index (χ2v) is 7.84. The van der Waals surface area contributed by atoms with Crippen molar-refractivity contribution in [1.82, 2.24) is 10.3 Å². The molecule has 4 rings (SSSR count). The fourth-order valence-electron chi connectivity index (χ4n) is 4.05. The van der Waals surface area contributed by atoms with Crippen LogP contribution >= 0.6 is 0 Å². The summed E-state index contributed by atoms with van der Waals surface area (Å²) in [5.41, 5.74) is 4.03. The topological polar surface area (TPSA) is 93.6 Å². The first kappa shape index (κ1) is 21.5. The molecule has 0 saturated carbocycles.